The van der Waals surface area contributed by atoms with Gasteiger partial charge in [0.1, 0.15) is 5.82 Å². The van der Waals surface area contributed by atoms with Gasteiger partial charge in [-0.2, -0.15) is 0 Å². The van der Waals surface area contributed by atoms with Crippen molar-refractivity contribution in [2.24, 2.45) is 0 Å². The predicted molar refractivity (Wildman–Crippen MR) is 72.6 cm³/mol. The number of aromatic amines is 1. The number of H-pyrrole nitrogens is 1. The zero-order valence-electron chi connectivity index (χ0n) is 10.5. The third-order valence-electron chi connectivity index (χ3n) is 3.02. The number of alkyl halides is 1. The first kappa shape index (κ1) is 12.4. The van der Waals surface area contributed by atoms with E-state index in [9.17, 15) is 0 Å². The molecule has 1 N–H and O–H groups in total. The molecule has 0 fully saturated rings. The minimum Gasteiger partial charge on any atom is -0.342 e. The molecule has 1 unspecified atom stereocenters. The van der Waals surface area contributed by atoms with Gasteiger partial charge in [0, 0.05) is 11.9 Å². The largest absolute Gasteiger partial charge is 0.342 e. The molecule has 0 bridgehead atoms. The molecule has 0 amide bonds. The van der Waals surface area contributed by atoms with Gasteiger partial charge in [0.05, 0.1) is 11.0 Å². The number of benzene rings is 1. The number of rotatable bonds is 4. The van der Waals surface area contributed by atoms with E-state index in [1.165, 1.54) is 5.56 Å². The molecule has 0 saturated carbocycles. The van der Waals surface area contributed by atoms with Gasteiger partial charge in [-0.1, -0.05) is 6.07 Å². The number of imidazole rings is 1. The van der Waals surface area contributed by atoms with E-state index in [0.717, 1.165) is 23.3 Å². The van der Waals surface area contributed by atoms with Gasteiger partial charge in [-0.05, 0) is 45.1 Å². The van der Waals surface area contributed by atoms with Gasteiger partial charge in [-0.3, -0.25) is 0 Å². The third kappa shape index (κ3) is 2.61. The van der Waals surface area contributed by atoms with Gasteiger partial charge < -0.3 is 9.88 Å². The summed E-state index contributed by atoms with van der Waals surface area (Å²) in [7, 11) is 4.17. The molecule has 1 aromatic heterocycles. The molecule has 4 heteroatoms. The van der Waals surface area contributed by atoms with Crippen LogP contribution in [0.5, 0.6) is 0 Å². The van der Waals surface area contributed by atoms with Crippen LogP contribution in [0.25, 0.3) is 11.0 Å². The van der Waals surface area contributed by atoms with E-state index in [0.29, 0.717) is 11.9 Å². The lowest BCUT2D eigenvalue weighted by atomic mass is 10.0. The predicted octanol–water partition coefficient (Wildman–Crippen LogP) is 3.10. The summed E-state index contributed by atoms with van der Waals surface area (Å²) in [5.41, 5.74) is 3.41. The van der Waals surface area contributed by atoms with E-state index in [-0.39, 0.29) is 0 Å². The van der Waals surface area contributed by atoms with E-state index < -0.39 is 0 Å². The average Bonchev–Trinajstić information content (AvgIpc) is 2.64. The van der Waals surface area contributed by atoms with Crippen LogP contribution in [-0.4, -0.2) is 34.8 Å². The zero-order valence-corrected chi connectivity index (χ0v) is 11.3. The van der Waals surface area contributed by atoms with Gasteiger partial charge in [0.2, 0.25) is 0 Å². The van der Waals surface area contributed by atoms with E-state index >= 15 is 0 Å². The highest BCUT2D eigenvalue weighted by Crippen LogP contribution is 2.25. The molecule has 0 saturated heterocycles. The Morgan fingerprint density at radius 2 is 2.18 bits per heavy atom. The van der Waals surface area contributed by atoms with Crippen LogP contribution in [-0.2, 0) is 0 Å². The lowest BCUT2D eigenvalue weighted by Crippen LogP contribution is -2.20. The number of hydrogen-bond donors (Lipinski definition) is 1. The summed E-state index contributed by atoms with van der Waals surface area (Å²) in [6, 6.07) is 6.74. The first-order chi connectivity index (χ1) is 8.11. The number of nitrogens with one attached hydrogen (secondary N) is 1. The van der Waals surface area contributed by atoms with Crippen LogP contribution in [0.1, 0.15) is 23.9 Å². The fourth-order valence-corrected chi connectivity index (χ4v) is 2.40. The lowest BCUT2D eigenvalue weighted by Gasteiger charge is -2.23. The zero-order chi connectivity index (χ0) is 12.4. The van der Waals surface area contributed by atoms with Crippen molar-refractivity contribution in [1.82, 2.24) is 14.9 Å². The molecule has 1 aromatic carbocycles. The molecule has 1 atom stereocenters. The summed E-state index contributed by atoms with van der Waals surface area (Å²) in [6.45, 7) is 1.97. The molecule has 0 radical (unpaired) electrons. The molecular formula is C13H18ClN3. The fourth-order valence-electron chi connectivity index (χ4n) is 2.19. The second kappa shape index (κ2) is 5.07. The van der Waals surface area contributed by atoms with E-state index in [1.807, 2.05) is 6.92 Å². The van der Waals surface area contributed by atoms with Crippen LogP contribution in [0.3, 0.4) is 0 Å². The van der Waals surface area contributed by atoms with Crippen molar-refractivity contribution >= 4 is 22.6 Å². The van der Waals surface area contributed by atoms with Gasteiger partial charge in [-0.15, -0.1) is 11.6 Å². The first-order valence-electron chi connectivity index (χ1n) is 5.80. The lowest BCUT2D eigenvalue weighted by molar-refractivity contribution is 0.293. The topological polar surface area (TPSA) is 31.9 Å². The van der Waals surface area contributed by atoms with E-state index in [4.69, 9.17) is 11.6 Å². The summed E-state index contributed by atoms with van der Waals surface area (Å²) in [6.07, 6.45) is 0.952. The van der Waals surface area contributed by atoms with E-state index in [1.54, 1.807) is 0 Å². The highest BCUT2D eigenvalue weighted by Gasteiger charge is 2.14. The van der Waals surface area contributed by atoms with Gasteiger partial charge >= 0.3 is 0 Å². The Balaban J connectivity index is 2.39. The van der Waals surface area contributed by atoms with Crippen molar-refractivity contribution in [1.29, 1.82) is 0 Å². The molecule has 3 nitrogen and oxygen atoms in total. The van der Waals surface area contributed by atoms with Gasteiger partial charge in [0.25, 0.3) is 0 Å². The molecule has 92 valence electrons. The van der Waals surface area contributed by atoms with Crippen LogP contribution < -0.4 is 0 Å². The monoisotopic (exact) mass is 251 g/mol. The Labute approximate surface area is 107 Å². The van der Waals surface area contributed by atoms with Crippen molar-refractivity contribution < 1.29 is 0 Å². The smallest absolute Gasteiger partial charge is 0.104 e. The molecule has 0 aliphatic rings. The van der Waals surface area contributed by atoms with Crippen molar-refractivity contribution in [3.63, 3.8) is 0 Å². The quantitative estimate of drug-likeness (QED) is 0.847. The van der Waals surface area contributed by atoms with Crippen molar-refractivity contribution in [2.75, 3.05) is 20.0 Å². The summed E-state index contributed by atoms with van der Waals surface area (Å²) in [5, 5.41) is 0. The number of aromatic nitrogens is 2. The minimum absolute atomic E-state index is 0.362. The SMILES string of the molecule is Cc1nc2ccc(C(CCCl)N(C)C)cc2[nH]1. The maximum atomic E-state index is 5.87. The average molecular weight is 252 g/mol. The number of aryl methyl sites for hydroxylation is 1. The Hall–Kier alpha value is -1.06. The second-order valence-corrected chi connectivity index (χ2v) is 4.93. The molecule has 0 spiro atoms. The Morgan fingerprint density at radius 3 is 2.82 bits per heavy atom. The van der Waals surface area contributed by atoms with E-state index in [2.05, 4.69) is 47.2 Å². The number of halogens is 1. The summed E-state index contributed by atoms with van der Waals surface area (Å²) in [4.78, 5) is 9.88. The standard InChI is InChI=1S/C13H18ClN3/c1-9-15-11-5-4-10(8-12(11)16-9)13(6-7-14)17(2)3/h4-5,8,13H,6-7H2,1-3H3,(H,15,16). The summed E-state index contributed by atoms with van der Waals surface area (Å²) in [5.74, 6) is 1.62. The molecular weight excluding hydrogens is 234 g/mol. The second-order valence-electron chi connectivity index (χ2n) is 4.56. The Morgan fingerprint density at radius 1 is 1.41 bits per heavy atom. The van der Waals surface area contributed by atoms with Crippen LogP contribution in [0.2, 0.25) is 0 Å². The van der Waals surface area contributed by atoms with Gasteiger partial charge in [-0.25, -0.2) is 4.98 Å². The van der Waals surface area contributed by atoms with Gasteiger partial charge in [0.15, 0.2) is 0 Å². The van der Waals surface area contributed by atoms with Crippen LogP contribution in [0, 0.1) is 6.92 Å². The third-order valence-corrected chi connectivity index (χ3v) is 3.23. The fraction of sp³-hybridized carbons (Fsp3) is 0.462. The minimum atomic E-state index is 0.362. The molecule has 17 heavy (non-hydrogen) atoms. The molecule has 2 aromatic rings. The number of hydrogen-bond acceptors (Lipinski definition) is 2. The Bertz CT molecular complexity index is 504. The molecule has 1 heterocycles. The maximum Gasteiger partial charge on any atom is 0.104 e. The summed E-state index contributed by atoms with van der Waals surface area (Å²) < 4.78 is 0. The van der Waals surface area contributed by atoms with Crippen molar-refractivity contribution in [3.05, 3.63) is 29.6 Å². The summed E-state index contributed by atoms with van der Waals surface area (Å²) >= 11 is 5.87. The van der Waals surface area contributed by atoms with Crippen LogP contribution >= 0.6 is 11.6 Å². The maximum absolute atomic E-state index is 5.87. The van der Waals surface area contributed by atoms with Crippen LogP contribution in [0.15, 0.2) is 18.2 Å². The first-order valence-corrected chi connectivity index (χ1v) is 6.34. The number of fused-ring (bicyclic) bond motifs is 1. The molecule has 0 aliphatic heterocycles. The molecule has 2 rings (SSSR count). The normalized spacial score (nSPS) is 13.5. The highest BCUT2D eigenvalue weighted by molar-refractivity contribution is 6.17. The van der Waals surface area contributed by atoms with Crippen molar-refractivity contribution in [3.8, 4) is 0 Å². The highest BCUT2D eigenvalue weighted by atomic mass is 35.5. The van der Waals surface area contributed by atoms with Crippen LogP contribution in [0.4, 0.5) is 0 Å². The molecule has 0 aliphatic carbocycles. The van der Waals surface area contributed by atoms with Crippen molar-refractivity contribution in [2.45, 2.75) is 19.4 Å². The Kier molecular flexibility index (Phi) is 3.69. The number of nitrogens with zero attached hydrogens (tertiary/aromatic N) is 2.